The monoisotopic (exact) mass is 323 g/mol. The molecule has 118 valence electrons. The molecule has 22 heavy (non-hydrogen) atoms. The molecule has 7 heteroatoms. The fraction of sp³-hybridized carbons (Fsp3) is 0.467. The van der Waals surface area contributed by atoms with Gasteiger partial charge in [0, 0.05) is 43.9 Å². The number of fused-ring (bicyclic) bond motifs is 1. The molecular weight excluding hydrogens is 306 g/mol. The Labute approximate surface area is 134 Å². The van der Waals surface area contributed by atoms with Gasteiger partial charge in [0.1, 0.15) is 6.10 Å². The minimum atomic E-state index is -0.455. The van der Waals surface area contributed by atoms with Crippen molar-refractivity contribution in [3.8, 4) is 0 Å². The maximum atomic E-state index is 12.4. The maximum Gasteiger partial charge on any atom is 0.321 e. The molecular formula is C15H18ClN3O3. The lowest BCUT2D eigenvalue weighted by atomic mass is 10.0. The highest BCUT2D eigenvalue weighted by Gasteiger charge is 2.52. The lowest BCUT2D eigenvalue weighted by Crippen LogP contribution is -2.40. The number of nitrogens with one attached hydrogen (secondary N) is 1. The van der Waals surface area contributed by atoms with Crippen LogP contribution in [0, 0.1) is 5.92 Å². The van der Waals surface area contributed by atoms with Gasteiger partial charge in [-0.25, -0.2) is 4.79 Å². The van der Waals surface area contributed by atoms with E-state index in [0.717, 1.165) is 0 Å². The largest absolute Gasteiger partial charge is 0.371 e. The third-order valence-corrected chi connectivity index (χ3v) is 4.70. The summed E-state index contributed by atoms with van der Waals surface area (Å²) in [6, 6.07) is 6.81. The minimum Gasteiger partial charge on any atom is -0.371 e. The summed E-state index contributed by atoms with van der Waals surface area (Å²) in [6.45, 7) is 1.03. The van der Waals surface area contributed by atoms with E-state index in [2.05, 4.69) is 5.32 Å². The standard InChI is InChI=1S/C15H18ClN3O3/c1-18-12-8-19(7-11(12)13(22-2)14(18)20)15(21)17-10-5-3-9(16)4-6-10/h3-6,11-13H,7-8H2,1-2H3,(H,17,21)/t11-,12+,13-/m0/s1. The number of ether oxygens (including phenoxy) is 1. The predicted octanol–water partition coefficient (Wildman–Crippen LogP) is 1.66. The normalized spacial score (nSPS) is 27.2. The molecule has 1 aromatic carbocycles. The zero-order valence-corrected chi connectivity index (χ0v) is 13.2. The van der Waals surface area contributed by atoms with Crippen molar-refractivity contribution in [1.29, 1.82) is 0 Å². The summed E-state index contributed by atoms with van der Waals surface area (Å²) in [4.78, 5) is 27.8. The maximum absolute atomic E-state index is 12.4. The van der Waals surface area contributed by atoms with Crippen LogP contribution in [0.5, 0.6) is 0 Å². The van der Waals surface area contributed by atoms with Crippen LogP contribution in [-0.4, -0.2) is 61.1 Å². The summed E-state index contributed by atoms with van der Waals surface area (Å²) in [5.41, 5.74) is 0.694. The molecule has 3 atom stereocenters. The first kappa shape index (κ1) is 15.1. The van der Waals surface area contributed by atoms with E-state index in [0.29, 0.717) is 23.8 Å². The van der Waals surface area contributed by atoms with Crippen LogP contribution in [0.2, 0.25) is 5.02 Å². The molecule has 3 amide bonds. The third kappa shape index (κ3) is 2.53. The highest BCUT2D eigenvalue weighted by molar-refractivity contribution is 6.30. The summed E-state index contributed by atoms with van der Waals surface area (Å²) in [7, 11) is 3.30. The number of nitrogens with zero attached hydrogens (tertiary/aromatic N) is 2. The second-order valence-electron chi connectivity index (χ2n) is 5.68. The number of amides is 3. The number of benzene rings is 1. The van der Waals surface area contributed by atoms with E-state index < -0.39 is 6.10 Å². The van der Waals surface area contributed by atoms with Gasteiger partial charge in [-0.15, -0.1) is 0 Å². The van der Waals surface area contributed by atoms with Crippen molar-refractivity contribution in [3.63, 3.8) is 0 Å². The van der Waals surface area contributed by atoms with Crippen LogP contribution in [0.25, 0.3) is 0 Å². The van der Waals surface area contributed by atoms with Crippen molar-refractivity contribution in [1.82, 2.24) is 9.80 Å². The molecule has 2 fully saturated rings. The van der Waals surface area contributed by atoms with Crippen molar-refractivity contribution in [3.05, 3.63) is 29.3 Å². The first-order valence-electron chi connectivity index (χ1n) is 7.12. The number of likely N-dealkylation sites (tertiary alicyclic amines) is 2. The number of urea groups is 1. The van der Waals surface area contributed by atoms with E-state index in [1.165, 1.54) is 7.11 Å². The molecule has 2 heterocycles. The summed E-state index contributed by atoms with van der Waals surface area (Å²) in [5.74, 6) is 0.0220. The lowest BCUT2D eigenvalue weighted by molar-refractivity contribution is -0.136. The molecule has 0 spiro atoms. The van der Waals surface area contributed by atoms with Crippen molar-refractivity contribution in [2.45, 2.75) is 12.1 Å². The van der Waals surface area contributed by atoms with E-state index in [4.69, 9.17) is 16.3 Å². The van der Waals surface area contributed by atoms with Gasteiger partial charge in [-0.3, -0.25) is 4.79 Å². The van der Waals surface area contributed by atoms with Gasteiger partial charge < -0.3 is 19.9 Å². The van der Waals surface area contributed by atoms with E-state index in [1.807, 2.05) is 0 Å². The fourth-order valence-electron chi connectivity index (χ4n) is 3.24. The van der Waals surface area contributed by atoms with Crippen molar-refractivity contribution in [2.75, 3.05) is 32.6 Å². The van der Waals surface area contributed by atoms with Crippen molar-refractivity contribution in [2.24, 2.45) is 5.92 Å². The zero-order valence-electron chi connectivity index (χ0n) is 12.5. The van der Waals surface area contributed by atoms with Gasteiger partial charge in [0.25, 0.3) is 5.91 Å². The van der Waals surface area contributed by atoms with Gasteiger partial charge in [-0.1, -0.05) is 11.6 Å². The van der Waals surface area contributed by atoms with Crippen LogP contribution in [0.4, 0.5) is 10.5 Å². The SMILES string of the molecule is CO[C@@H]1C(=O)N(C)[C@@H]2CN(C(=O)Nc3ccc(Cl)cc3)C[C@H]12. The van der Waals surface area contributed by atoms with Crippen LogP contribution in [-0.2, 0) is 9.53 Å². The van der Waals surface area contributed by atoms with Crippen molar-refractivity contribution >= 4 is 29.2 Å². The predicted molar refractivity (Wildman–Crippen MR) is 82.9 cm³/mol. The number of methoxy groups -OCH3 is 1. The molecule has 1 aromatic rings. The molecule has 2 aliphatic heterocycles. The Bertz CT molecular complexity index is 592. The number of hydrogen-bond donors (Lipinski definition) is 1. The lowest BCUT2D eigenvalue weighted by Gasteiger charge is -2.22. The number of anilines is 1. The Kier molecular flexibility index (Phi) is 3.97. The van der Waals surface area contributed by atoms with Crippen LogP contribution in [0.1, 0.15) is 0 Å². The molecule has 2 saturated heterocycles. The number of carbonyl (C=O) groups is 2. The average molecular weight is 324 g/mol. The van der Waals surface area contributed by atoms with E-state index in [1.54, 1.807) is 41.1 Å². The third-order valence-electron chi connectivity index (χ3n) is 4.45. The number of rotatable bonds is 2. The summed E-state index contributed by atoms with van der Waals surface area (Å²) < 4.78 is 5.30. The molecule has 1 N–H and O–H groups in total. The molecule has 0 aliphatic carbocycles. The molecule has 0 aromatic heterocycles. The van der Waals surface area contributed by atoms with Gasteiger partial charge in [0.15, 0.2) is 0 Å². The molecule has 3 rings (SSSR count). The van der Waals surface area contributed by atoms with Crippen LogP contribution >= 0.6 is 11.6 Å². The first-order chi connectivity index (χ1) is 10.5. The first-order valence-corrected chi connectivity index (χ1v) is 7.50. The Morgan fingerprint density at radius 3 is 2.64 bits per heavy atom. The number of likely N-dealkylation sites (N-methyl/N-ethyl adjacent to an activating group) is 1. The summed E-state index contributed by atoms with van der Waals surface area (Å²) >= 11 is 5.83. The van der Waals surface area contributed by atoms with E-state index in [9.17, 15) is 9.59 Å². The summed E-state index contributed by atoms with van der Waals surface area (Å²) in [5, 5.41) is 3.47. The van der Waals surface area contributed by atoms with Gasteiger partial charge in [-0.2, -0.15) is 0 Å². The van der Waals surface area contributed by atoms with Crippen LogP contribution < -0.4 is 5.32 Å². The number of halogens is 1. The molecule has 0 radical (unpaired) electrons. The second kappa shape index (κ2) is 5.78. The van der Waals surface area contributed by atoms with Gasteiger partial charge in [-0.05, 0) is 24.3 Å². The van der Waals surface area contributed by atoms with Crippen molar-refractivity contribution < 1.29 is 14.3 Å². The van der Waals surface area contributed by atoms with Gasteiger partial charge in [0.2, 0.25) is 0 Å². The van der Waals surface area contributed by atoms with E-state index in [-0.39, 0.29) is 23.9 Å². The second-order valence-corrected chi connectivity index (χ2v) is 6.12. The zero-order chi connectivity index (χ0) is 15.9. The minimum absolute atomic E-state index is 0.00439. The highest BCUT2D eigenvalue weighted by atomic mass is 35.5. The average Bonchev–Trinajstić information content (AvgIpc) is 3.02. The Hall–Kier alpha value is -1.79. The van der Waals surface area contributed by atoms with Crippen LogP contribution in [0.15, 0.2) is 24.3 Å². The fourth-order valence-corrected chi connectivity index (χ4v) is 3.37. The molecule has 6 nitrogen and oxygen atoms in total. The van der Waals surface area contributed by atoms with E-state index >= 15 is 0 Å². The Morgan fingerprint density at radius 2 is 2.00 bits per heavy atom. The highest BCUT2D eigenvalue weighted by Crippen LogP contribution is 2.33. The topological polar surface area (TPSA) is 61.9 Å². The number of carbonyl (C=O) groups excluding carboxylic acids is 2. The smallest absolute Gasteiger partial charge is 0.321 e. The van der Waals surface area contributed by atoms with Gasteiger partial charge in [0.05, 0.1) is 6.04 Å². The summed E-state index contributed by atoms with van der Waals surface area (Å²) in [6.07, 6.45) is -0.455. The van der Waals surface area contributed by atoms with Gasteiger partial charge >= 0.3 is 6.03 Å². The Balaban J connectivity index is 1.67. The molecule has 0 bridgehead atoms. The van der Waals surface area contributed by atoms with Crippen LogP contribution in [0.3, 0.4) is 0 Å². The Morgan fingerprint density at radius 1 is 1.32 bits per heavy atom. The molecule has 0 unspecified atom stereocenters. The molecule has 0 saturated carbocycles. The quantitative estimate of drug-likeness (QED) is 0.900. The number of hydrogen-bond acceptors (Lipinski definition) is 3. The molecule has 2 aliphatic rings.